The second-order valence-corrected chi connectivity index (χ2v) is 4.26. The number of benzene rings is 1. The molecular formula is C12H11N5O5. The molecule has 22 heavy (non-hydrogen) atoms. The maximum atomic E-state index is 11.2. The Balaban J connectivity index is 2.24. The number of nitrogens with zero attached hydrogens (tertiary/aromatic N) is 3. The van der Waals surface area contributed by atoms with E-state index < -0.39 is 16.4 Å². The van der Waals surface area contributed by atoms with Crippen molar-refractivity contribution in [3.63, 3.8) is 0 Å². The highest BCUT2D eigenvalue weighted by molar-refractivity contribution is 5.85. The maximum absolute atomic E-state index is 11.2. The number of nitro groups is 1. The predicted octanol–water partition coefficient (Wildman–Crippen LogP) is 0.844. The van der Waals surface area contributed by atoms with E-state index in [0.717, 1.165) is 18.3 Å². The number of phenols is 2. The van der Waals surface area contributed by atoms with Gasteiger partial charge in [-0.25, -0.2) is 10.4 Å². The highest BCUT2D eigenvalue weighted by Crippen LogP contribution is 2.31. The van der Waals surface area contributed by atoms with Crippen LogP contribution in [0.5, 0.6) is 11.5 Å². The summed E-state index contributed by atoms with van der Waals surface area (Å²) in [6.45, 7) is 1.62. The van der Waals surface area contributed by atoms with E-state index in [1.54, 1.807) is 6.92 Å². The van der Waals surface area contributed by atoms with Crippen molar-refractivity contribution >= 4 is 17.9 Å². The third-order valence-corrected chi connectivity index (χ3v) is 2.56. The van der Waals surface area contributed by atoms with E-state index in [2.05, 4.69) is 20.5 Å². The summed E-state index contributed by atoms with van der Waals surface area (Å²) in [7, 11) is 0. The van der Waals surface area contributed by atoms with Crippen LogP contribution in [0.15, 0.2) is 28.1 Å². The number of hydrazone groups is 1. The molecule has 0 bridgehead atoms. The van der Waals surface area contributed by atoms with Crippen LogP contribution in [0.3, 0.4) is 0 Å². The SMILES string of the molecule is Cc1cc(=O)[nH]c(N/N=C/c2cc([N+](=O)[O-])c(O)cc2O)n1. The molecule has 0 saturated heterocycles. The predicted molar refractivity (Wildman–Crippen MR) is 77.2 cm³/mol. The molecule has 0 radical (unpaired) electrons. The van der Waals surface area contributed by atoms with Crippen LogP contribution in [0, 0.1) is 17.0 Å². The number of aromatic nitrogens is 2. The molecule has 2 rings (SSSR count). The van der Waals surface area contributed by atoms with Gasteiger partial charge in [-0.3, -0.25) is 19.9 Å². The Morgan fingerprint density at radius 3 is 2.73 bits per heavy atom. The first-order valence-corrected chi connectivity index (χ1v) is 5.94. The van der Waals surface area contributed by atoms with E-state index in [1.165, 1.54) is 6.07 Å². The normalized spacial score (nSPS) is 10.8. The van der Waals surface area contributed by atoms with Gasteiger partial charge in [0, 0.05) is 29.5 Å². The van der Waals surface area contributed by atoms with Crippen molar-refractivity contribution in [1.82, 2.24) is 9.97 Å². The number of anilines is 1. The minimum Gasteiger partial charge on any atom is -0.507 e. The van der Waals surface area contributed by atoms with Gasteiger partial charge in [-0.2, -0.15) is 5.10 Å². The van der Waals surface area contributed by atoms with Crippen LogP contribution in [0.4, 0.5) is 11.6 Å². The third-order valence-electron chi connectivity index (χ3n) is 2.56. The Kier molecular flexibility index (Phi) is 4.02. The average Bonchev–Trinajstić information content (AvgIpc) is 2.39. The molecule has 114 valence electrons. The molecule has 10 nitrogen and oxygen atoms in total. The Hall–Kier alpha value is -3.43. The molecule has 0 aliphatic heterocycles. The van der Waals surface area contributed by atoms with Gasteiger partial charge in [0.1, 0.15) is 5.75 Å². The fourth-order valence-corrected chi connectivity index (χ4v) is 1.63. The minimum absolute atomic E-state index is 0.00648. The lowest BCUT2D eigenvalue weighted by atomic mass is 10.2. The first kappa shape index (κ1) is 15.0. The molecule has 1 heterocycles. The number of nitrogens with one attached hydrogen (secondary N) is 2. The molecule has 0 amide bonds. The summed E-state index contributed by atoms with van der Waals surface area (Å²) in [4.78, 5) is 27.5. The lowest BCUT2D eigenvalue weighted by Gasteiger charge is -2.02. The number of aryl methyl sites for hydroxylation is 1. The highest BCUT2D eigenvalue weighted by atomic mass is 16.6. The van der Waals surface area contributed by atoms with Crippen LogP contribution < -0.4 is 11.0 Å². The molecule has 0 aliphatic rings. The van der Waals surface area contributed by atoms with Crippen LogP contribution in [0.2, 0.25) is 0 Å². The first-order chi connectivity index (χ1) is 10.4. The number of rotatable bonds is 4. The van der Waals surface area contributed by atoms with Crippen LogP contribution in [-0.2, 0) is 0 Å². The number of aromatic amines is 1. The number of hydrogen-bond donors (Lipinski definition) is 4. The standard InChI is InChI=1S/C12H11N5O5/c1-6-2-11(20)15-12(14-6)16-13-5-7-3-8(17(21)22)10(19)4-9(7)18/h2-5,18-19H,1H3,(H2,14,15,16,20)/b13-5+. The highest BCUT2D eigenvalue weighted by Gasteiger charge is 2.16. The van der Waals surface area contributed by atoms with Crippen LogP contribution in [0.25, 0.3) is 0 Å². The molecule has 0 saturated carbocycles. The van der Waals surface area contributed by atoms with Gasteiger partial charge in [-0.05, 0) is 6.92 Å². The average molecular weight is 305 g/mol. The molecule has 1 aromatic heterocycles. The van der Waals surface area contributed by atoms with Gasteiger partial charge in [0.05, 0.1) is 11.1 Å². The fourth-order valence-electron chi connectivity index (χ4n) is 1.63. The van der Waals surface area contributed by atoms with Crippen LogP contribution in [-0.4, -0.2) is 31.3 Å². The molecule has 2 aromatic rings. The molecule has 0 atom stereocenters. The second kappa shape index (κ2) is 5.91. The lowest BCUT2D eigenvalue weighted by Crippen LogP contribution is -2.10. The van der Waals surface area contributed by atoms with Gasteiger partial charge in [-0.15, -0.1) is 0 Å². The van der Waals surface area contributed by atoms with Gasteiger partial charge in [-0.1, -0.05) is 0 Å². The molecule has 10 heteroatoms. The van der Waals surface area contributed by atoms with E-state index in [4.69, 9.17) is 0 Å². The smallest absolute Gasteiger partial charge is 0.311 e. The van der Waals surface area contributed by atoms with E-state index in [9.17, 15) is 25.1 Å². The number of nitro benzene ring substituents is 1. The summed E-state index contributed by atoms with van der Waals surface area (Å²) in [5.74, 6) is -0.967. The van der Waals surface area contributed by atoms with Gasteiger partial charge in [0.15, 0.2) is 5.75 Å². The van der Waals surface area contributed by atoms with Crippen molar-refractivity contribution in [3.05, 3.63) is 49.9 Å². The van der Waals surface area contributed by atoms with Crippen molar-refractivity contribution in [2.45, 2.75) is 6.92 Å². The molecule has 0 spiro atoms. The molecular weight excluding hydrogens is 294 g/mol. The molecule has 0 unspecified atom stereocenters. The third kappa shape index (κ3) is 3.36. The first-order valence-electron chi connectivity index (χ1n) is 5.94. The molecule has 4 N–H and O–H groups in total. The minimum atomic E-state index is -0.793. The lowest BCUT2D eigenvalue weighted by molar-refractivity contribution is -0.385. The van der Waals surface area contributed by atoms with Gasteiger partial charge >= 0.3 is 5.69 Å². The Labute approximate surface area is 122 Å². The Morgan fingerprint density at radius 1 is 1.36 bits per heavy atom. The van der Waals surface area contributed by atoms with Crippen molar-refractivity contribution in [3.8, 4) is 11.5 Å². The molecule has 0 aliphatic carbocycles. The van der Waals surface area contributed by atoms with Crippen LogP contribution in [0.1, 0.15) is 11.3 Å². The van der Waals surface area contributed by atoms with Gasteiger partial charge in [0.2, 0.25) is 5.95 Å². The van der Waals surface area contributed by atoms with Crippen molar-refractivity contribution < 1.29 is 15.1 Å². The summed E-state index contributed by atoms with van der Waals surface area (Å²) in [5.41, 5.74) is 1.97. The topological polar surface area (TPSA) is 154 Å². The van der Waals surface area contributed by atoms with Crippen molar-refractivity contribution in [1.29, 1.82) is 0 Å². The molecule has 0 fully saturated rings. The number of aromatic hydroxyl groups is 2. The number of H-pyrrole nitrogens is 1. The summed E-state index contributed by atoms with van der Waals surface area (Å²) in [6, 6.07) is 3.10. The summed E-state index contributed by atoms with van der Waals surface area (Å²) in [6.07, 6.45) is 1.09. The Bertz CT molecular complexity index is 814. The monoisotopic (exact) mass is 305 g/mol. The van der Waals surface area contributed by atoms with Crippen molar-refractivity contribution in [2.75, 3.05) is 5.43 Å². The van der Waals surface area contributed by atoms with E-state index in [-0.39, 0.29) is 22.8 Å². The van der Waals surface area contributed by atoms with Crippen LogP contribution >= 0.6 is 0 Å². The largest absolute Gasteiger partial charge is 0.507 e. The zero-order chi connectivity index (χ0) is 16.3. The fraction of sp³-hybridized carbons (Fsp3) is 0.0833. The number of phenolic OH excluding ortho intramolecular Hbond substituents is 2. The van der Waals surface area contributed by atoms with E-state index >= 15 is 0 Å². The van der Waals surface area contributed by atoms with Crippen molar-refractivity contribution in [2.24, 2.45) is 5.10 Å². The molecule has 1 aromatic carbocycles. The second-order valence-electron chi connectivity index (χ2n) is 4.26. The number of hydrogen-bond acceptors (Lipinski definition) is 8. The maximum Gasteiger partial charge on any atom is 0.311 e. The van der Waals surface area contributed by atoms with Gasteiger partial charge in [0.25, 0.3) is 5.56 Å². The Morgan fingerprint density at radius 2 is 2.09 bits per heavy atom. The van der Waals surface area contributed by atoms with E-state index in [0.29, 0.717) is 5.69 Å². The zero-order valence-corrected chi connectivity index (χ0v) is 11.3. The summed E-state index contributed by atoms with van der Waals surface area (Å²) < 4.78 is 0. The van der Waals surface area contributed by atoms with Gasteiger partial charge < -0.3 is 10.2 Å². The quantitative estimate of drug-likeness (QED) is 0.370. The zero-order valence-electron chi connectivity index (χ0n) is 11.3. The summed E-state index contributed by atoms with van der Waals surface area (Å²) >= 11 is 0. The summed E-state index contributed by atoms with van der Waals surface area (Å²) in [5, 5.41) is 33.4. The van der Waals surface area contributed by atoms with E-state index in [1.807, 2.05) is 0 Å².